The average Bonchev–Trinajstić information content (AvgIpc) is 2.52. The molecule has 8 nitrogen and oxygen atoms in total. The number of ether oxygens (including phenoxy) is 1. The van der Waals surface area contributed by atoms with Gasteiger partial charge in [-0.25, -0.2) is 0 Å². The predicted octanol–water partition coefficient (Wildman–Crippen LogP) is 2.89. The van der Waals surface area contributed by atoms with E-state index in [1.54, 1.807) is 6.07 Å². The molecule has 2 aromatic rings. The summed E-state index contributed by atoms with van der Waals surface area (Å²) in [5, 5.41) is 21.9. The Balaban J connectivity index is 2.27. The van der Waals surface area contributed by atoms with Gasteiger partial charge >= 0.3 is 5.69 Å². The van der Waals surface area contributed by atoms with Gasteiger partial charge in [0.1, 0.15) is 12.9 Å². The highest BCUT2D eigenvalue weighted by Crippen LogP contribution is 2.29. The van der Waals surface area contributed by atoms with E-state index in [1.165, 1.54) is 30.3 Å². The third-order valence-electron chi connectivity index (χ3n) is 2.89. The number of hydrogen-bond donors (Lipinski definition) is 0. The Bertz CT molecular complexity index is 744. The van der Waals surface area contributed by atoms with Gasteiger partial charge in [-0.3, -0.25) is 25.0 Å². The Morgan fingerprint density at radius 1 is 1.00 bits per heavy atom. The van der Waals surface area contributed by atoms with Crippen LogP contribution in [-0.4, -0.2) is 16.1 Å². The van der Waals surface area contributed by atoms with Crippen molar-refractivity contribution in [1.29, 1.82) is 0 Å². The summed E-state index contributed by atoms with van der Waals surface area (Å²) in [5.41, 5.74) is -0.0659. The Labute approximate surface area is 124 Å². The molecule has 22 heavy (non-hydrogen) atoms. The maximum absolute atomic E-state index is 11.0. The average molecular weight is 302 g/mol. The number of aldehydes is 1. The van der Waals surface area contributed by atoms with E-state index in [-0.39, 0.29) is 29.3 Å². The number of nitro benzene ring substituents is 2. The molecule has 112 valence electrons. The van der Waals surface area contributed by atoms with Crippen LogP contribution >= 0.6 is 0 Å². The third-order valence-corrected chi connectivity index (χ3v) is 2.89. The zero-order valence-corrected chi connectivity index (χ0v) is 11.2. The fourth-order valence-corrected chi connectivity index (χ4v) is 1.84. The Hall–Kier alpha value is -3.29. The predicted molar refractivity (Wildman–Crippen MR) is 75.9 cm³/mol. The second-order valence-electron chi connectivity index (χ2n) is 4.28. The van der Waals surface area contributed by atoms with Gasteiger partial charge in [0.05, 0.1) is 15.4 Å². The maximum Gasteiger partial charge on any atom is 0.311 e. The molecular formula is C14H10N2O6. The van der Waals surface area contributed by atoms with Gasteiger partial charge < -0.3 is 4.74 Å². The van der Waals surface area contributed by atoms with Gasteiger partial charge in [0.2, 0.25) is 0 Å². The van der Waals surface area contributed by atoms with Crippen molar-refractivity contribution < 1.29 is 19.4 Å². The van der Waals surface area contributed by atoms with Gasteiger partial charge in [-0.05, 0) is 18.2 Å². The van der Waals surface area contributed by atoms with Gasteiger partial charge in [0, 0.05) is 17.7 Å². The van der Waals surface area contributed by atoms with E-state index in [2.05, 4.69) is 0 Å². The molecule has 8 heteroatoms. The molecule has 0 unspecified atom stereocenters. The highest BCUT2D eigenvalue weighted by atomic mass is 16.6. The van der Waals surface area contributed by atoms with Crippen molar-refractivity contribution in [2.75, 3.05) is 0 Å². The molecule has 0 aliphatic heterocycles. The number of benzene rings is 2. The van der Waals surface area contributed by atoms with Crippen LogP contribution in [0.5, 0.6) is 5.75 Å². The molecule has 0 atom stereocenters. The SMILES string of the molecule is O=Cc1ccc(OCc2ccccc2[N+](=O)[O-])c([N+](=O)[O-])c1. The van der Waals surface area contributed by atoms with E-state index in [9.17, 15) is 25.0 Å². The molecule has 0 spiro atoms. The van der Waals surface area contributed by atoms with Gasteiger partial charge in [0.15, 0.2) is 5.75 Å². The molecule has 0 amide bonds. The lowest BCUT2D eigenvalue weighted by Gasteiger charge is -2.07. The van der Waals surface area contributed by atoms with Crippen LogP contribution in [0.25, 0.3) is 0 Å². The molecule has 2 aromatic carbocycles. The second-order valence-corrected chi connectivity index (χ2v) is 4.28. The minimum absolute atomic E-state index is 0.0613. The van der Waals surface area contributed by atoms with Crippen molar-refractivity contribution in [3.05, 3.63) is 73.8 Å². The van der Waals surface area contributed by atoms with Gasteiger partial charge in [-0.1, -0.05) is 12.1 Å². The number of para-hydroxylation sites is 1. The standard InChI is InChI=1S/C14H10N2O6/c17-8-10-5-6-14(13(7-10)16(20)21)22-9-11-3-1-2-4-12(11)15(18)19/h1-8H,9H2. The molecule has 0 aliphatic carbocycles. The van der Waals surface area contributed by atoms with Crippen LogP contribution in [0.2, 0.25) is 0 Å². The minimum atomic E-state index is -0.679. The van der Waals surface area contributed by atoms with Crippen LogP contribution < -0.4 is 4.74 Å². The molecule has 2 rings (SSSR count). The largest absolute Gasteiger partial charge is 0.482 e. The molecular weight excluding hydrogens is 292 g/mol. The molecule has 0 aromatic heterocycles. The summed E-state index contributed by atoms with van der Waals surface area (Å²) >= 11 is 0. The maximum atomic E-state index is 11.0. The van der Waals surface area contributed by atoms with E-state index in [1.807, 2.05) is 0 Å². The number of carbonyl (C=O) groups is 1. The fraction of sp³-hybridized carbons (Fsp3) is 0.0714. The second kappa shape index (κ2) is 6.44. The minimum Gasteiger partial charge on any atom is -0.482 e. The summed E-state index contributed by atoms with van der Waals surface area (Å²) in [6.45, 7) is -0.196. The van der Waals surface area contributed by atoms with Crippen molar-refractivity contribution in [1.82, 2.24) is 0 Å². The van der Waals surface area contributed by atoms with Crippen molar-refractivity contribution in [3.8, 4) is 5.75 Å². The molecule has 0 radical (unpaired) electrons. The molecule has 0 fully saturated rings. The highest BCUT2D eigenvalue weighted by molar-refractivity contribution is 5.77. The van der Waals surface area contributed by atoms with Crippen molar-refractivity contribution in [2.45, 2.75) is 6.61 Å². The number of nitrogens with zero attached hydrogens (tertiary/aromatic N) is 2. The van der Waals surface area contributed by atoms with E-state index < -0.39 is 9.85 Å². The van der Waals surface area contributed by atoms with Crippen molar-refractivity contribution in [2.24, 2.45) is 0 Å². The zero-order chi connectivity index (χ0) is 16.1. The first-order valence-electron chi connectivity index (χ1n) is 6.11. The van der Waals surface area contributed by atoms with Crippen molar-refractivity contribution >= 4 is 17.7 Å². The molecule has 0 saturated heterocycles. The molecule has 0 heterocycles. The topological polar surface area (TPSA) is 113 Å². The first-order chi connectivity index (χ1) is 10.5. The fourth-order valence-electron chi connectivity index (χ4n) is 1.84. The normalized spacial score (nSPS) is 10.0. The Kier molecular flexibility index (Phi) is 4.42. The van der Waals surface area contributed by atoms with Crippen LogP contribution in [0.4, 0.5) is 11.4 Å². The smallest absolute Gasteiger partial charge is 0.311 e. The summed E-state index contributed by atoms with van der Waals surface area (Å²) in [7, 11) is 0. The van der Waals surface area contributed by atoms with E-state index in [4.69, 9.17) is 4.74 Å². The monoisotopic (exact) mass is 302 g/mol. The number of carbonyl (C=O) groups excluding carboxylic acids is 1. The number of nitro groups is 2. The van der Waals surface area contributed by atoms with E-state index >= 15 is 0 Å². The van der Waals surface area contributed by atoms with Crippen LogP contribution in [0, 0.1) is 20.2 Å². The van der Waals surface area contributed by atoms with E-state index in [0.717, 1.165) is 6.07 Å². The lowest BCUT2D eigenvalue weighted by molar-refractivity contribution is -0.386. The summed E-state index contributed by atoms with van der Waals surface area (Å²) in [5.74, 6) is -0.0613. The van der Waals surface area contributed by atoms with Gasteiger partial charge in [-0.15, -0.1) is 0 Å². The van der Waals surface area contributed by atoms with Crippen LogP contribution in [-0.2, 0) is 6.61 Å². The highest BCUT2D eigenvalue weighted by Gasteiger charge is 2.18. The van der Waals surface area contributed by atoms with Gasteiger partial charge in [-0.2, -0.15) is 0 Å². The van der Waals surface area contributed by atoms with Gasteiger partial charge in [0.25, 0.3) is 5.69 Å². The summed E-state index contributed by atoms with van der Waals surface area (Å²) in [6.07, 6.45) is 0.485. The summed E-state index contributed by atoms with van der Waals surface area (Å²) < 4.78 is 5.31. The summed E-state index contributed by atoms with van der Waals surface area (Å²) in [6, 6.07) is 9.69. The van der Waals surface area contributed by atoms with E-state index in [0.29, 0.717) is 11.8 Å². The Morgan fingerprint density at radius 3 is 2.32 bits per heavy atom. The summed E-state index contributed by atoms with van der Waals surface area (Å²) in [4.78, 5) is 31.3. The molecule has 0 aliphatic rings. The lowest BCUT2D eigenvalue weighted by atomic mass is 10.2. The van der Waals surface area contributed by atoms with Crippen LogP contribution in [0.1, 0.15) is 15.9 Å². The molecule has 0 bridgehead atoms. The van der Waals surface area contributed by atoms with Crippen LogP contribution in [0.3, 0.4) is 0 Å². The lowest BCUT2D eigenvalue weighted by Crippen LogP contribution is -2.02. The molecule has 0 saturated carbocycles. The Morgan fingerprint density at radius 2 is 1.68 bits per heavy atom. The first-order valence-corrected chi connectivity index (χ1v) is 6.11. The zero-order valence-electron chi connectivity index (χ0n) is 11.2. The van der Waals surface area contributed by atoms with Crippen molar-refractivity contribution in [3.63, 3.8) is 0 Å². The quantitative estimate of drug-likeness (QED) is 0.460. The number of rotatable bonds is 6. The van der Waals surface area contributed by atoms with Crippen LogP contribution in [0.15, 0.2) is 42.5 Å². The number of hydrogen-bond acceptors (Lipinski definition) is 6. The third kappa shape index (κ3) is 3.23. The first kappa shape index (κ1) is 15.1. The molecule has 0 N–H and O–H groups in total.